The van der Waals surface area contributed by atoms with Crippen LogP contribution in [0.5, 0.6) is 0 Å². The first-order valence-corrected chi connectivity index (χ1v) is 10.3. The van der Waals surface area contributed by atoms with Gasteiger partial charge in [-0.3, -0.25) is 9.59 Å². The van der Waals surface area contributed by atoms with Gasteiger partial charge in [0, 0.05) is 5.92 Å². The molecule has 0 aliphatic heterocycles. The van der Waals surface area contributed by atoms with E-state index < -0.39 is 17.5 Å². The van der Waals surface area contributed by atoms with Crippen LogP contribution >= 0.6 is 0 Å². The van der Waals surface area contributed by atoms with Gasteiger partial charge in [0.25, 0.3) is 0 Å². The van der Waals surface area contributed by atoms with Gasteiger partial charge >= 0.3 is 11.9 Å². The fourth-order valence-electron chi connectivity index (χ4n) is 6.11. The smallest absolute Gasteiger partial charge is 0.317 e. The van der Waals surface area contributed by atoms with Crippen molar-refractivity contribution in [2.24, 2.45) is 16.7 Å². The Morgan fingerprint density at radius 1 is 1.15 bits per heavy atom. The number of esters is 2. The van der Waals surface area contributed by atoms with E-state index in [2.05, 4.69) is 38.2 Å². The first-order valence-electron chi connectivity index (χ1n) is 10.3. The minimum atomic E-state index is -0.535. The van der Waals surface area contributed by atoms with Gasteiger partial charge in [0.2, 0.25) is 0 Å². The Morgan fingerprint density at radius 3 is 2.56 bits per heavy atom. The van der Waals surface area contributed by atoms with Gasteiger partial charge in [-0.1, -0.05) is 31.1 Å². The minimum absolute atomic E-state index is 0.0919. The van der Waals surface area contributed by atoms with E-state index in [4.69, 9.17) is 4.74 Å². The molecule has 0 aromatic heterocycles. The van der Waals surface area contributed by atoms with Crippen molar-refractivity contribution in [1.82, 2.24) is 0 Å². The van der Waals surface area contributed by atoms with Crippen LogP contribution in [0.4, 0.5) is 0 Å². The van der Waals surface area contributed by atoms with Crippen LogP contribution in [0.3, 0.4) is 0 Å². The third-order valence-electron chi connectivity index (χ3n) is 7.65. The number of fused-ring (bicyclic) bond motifs is 2. The first-order chi connectivity index (χ1) is 12.7. The first kappa shape index (κ1) is 20.2. The monoisotopic (exact) mass is 374 g/mol. The molecule has 4 atom stereocenters. The van der Waals surface area contributed by atoms with Gasteiger partial charge in [0.1, 0.15) is 12.0 Å². The quantitative estimate of drug-likeness (QED) is 0.389. The molecule has 0 saturated heterocycles. The van der Waals surface area contributed by atoms with E-state index in [1.807, 2.05) is 0 Å². The van der Waals surface area contributed by atoms with Crippen molar-refractivity contribution in [3.63, 3.8) is 0 Å². The number of rotatable bonds is 4. The zero-order valence-corrected chi connectivity index (χ0v) is 17.4. The van der Waals surface area contributed by atoms with Gasteiger partial charge in [-0.2, -0.15) is 0 Å². The van der Waals surface area contributed by atoms with Crippen LogP contribution < -0.4 is 0 Å². The third-order valence-corrected chi connectivity index (χ3v) is 7.65. The highest BCUT2D eigenvalue weighted by atomic mass is 16.6. The molecule has 150 valence electrons. The lowest BCUT2D eigenvalue weighted by molar-refractivity contribution is -0.179. The number of methoxy groups -OCH3 is 1. The second kappa shape index (κ2) is 7.10. The zero-order valence-electron chi connectivity index (χ0n) is 17.4. The highest BCUT2D eigenvalue weighted by Crippen LogP contribution is 2.61. The fraction of sp³-hybridized carbons (Fsp3) is 0.739. The molecule has 3 rings (SSSR count). The highest BCUT2D eigenvalue weighted by molar-refractivity contribution is 5.91. The van der Waals surface area contributed by atoms with Gasteiger partial charge in [0.05, 0.1) is 7.11 Å². The van der Waals surface area contributed by atoms with Gasteiger partial charge in [-0.15, -0.1) is 6.58 Å². The predicted octanol–water partition coefficient (Wildman–Crippen LogP) is 5.12. The number of hydrogen-bond acceptors (Lipinski definition) is 4. The number of hydrogen-bond donors (Lipinski definition) is 0. The summed E-state index contributed by atoms with van der Waals surface area (Å²) in [5.41, 5.74) is 3.04. The summed E-state index contributed by atoms with van der Waals surface area (Å²) in [6.07, 6.45) is 10.4. The summed E-state index contributed by atoms with van der Waals surface area (Å²) in [6, 6.07) is 0. The molecule has 1 saturated carbocycles. The van der Waals surface area contributed by atoms with Crippen LogP contribution in [0.25, 0.3) is 0 Å². The highest BCUT2D eigenvalue weighted by Gasteiger charge is 2.55. The van der Waals surface area contributed by atoms with E-state index in [9.17, 15) is 9.59 Å². The fourth-order valence-corrected chi connectivity index (χ4v) is 6.11. The lowest BCUT2D eigenvalue weighted by Crippen LogP contribution is -2.53. The molecule has 4 heteroatoms. The summed E-state index contributed by atoms with van der Waals surface area (Å²) in [7, 11) is 1.30. The standard InChI is InChI=1S/C23H34O4/c1-6-21(2)13-10-17-16(15-21)8-9-18-22(17,3)11-7-12-23(18,4)27-20(25)14-19(24)26-5/h6,18H,1,7-15H2,2-5H3/t18-,21+,22-,23+/m0/s1. The number of allylic oxidation sites excluding steroid dienone is 3. The van der Waals surface area contributed by atoms with Crippen molar-refractivity contribution in [3.8, 4) is 0 Å². The van der Waals surface area contributed by atoms with E-state index >= 15 is 0 Å². The number of ether oxygens (including phenoxy) is 2. The summed E-state index contributed by atoms with van der Waals surface area (Å²) in [5, 5.41) is 0. The average molecular weight is 375 g/mol. The molecule has 0 aromatic carbocycles. The SMILES string of the molecule is C=C[C@]1(C)CCC2=C(CC[C@@H]3[C@](C)(OC(=O)CC(=O)OC)CCC[C@@]23C)C1. The van der Waals surface area contributed by atoms with E-state index in [0.717, 1.165) is 51.4 Å². The predicted molar refractivity (Wildman–Crippen MR) is 105 cm³/mol. The van der Waals surface area contributed by atoms with Crippen molar-refractivity contribution in [2.45, 2.75) is 84.2 Å². The third kappa shape index (κ3) is 3.60. The van der Waals surface area contributed by atoms with E-state index in [1.54, 1.807) is 11.1 Å². The second-order valence-electron chi connectivity index (χ2n) is 9.52. The molecule has 27 heavy (non-hydrogen) atoms. The Hall–Kier alpha value is -1.58. The van der Waals surface area contributed by atoms with Crippen LogP contribution in [-0.4, -0.2) is 24.6 Å². The molecule has 3 aliphatic rings. The van der Waals surface area contributed by atoms with Gasteiger partial charge in [0.15, 0.2) is 0 Å². The molecule has 3 aliphatic carbocycles. The summed E-state index contributed by atoms with van der Waals surface area (Å²) < 4.78 is 10.6. The van der Waals surface area contributed by atoms with Crippen molar-refractivity contribution in [2.75, 3.05) is 7.11 Å². The molecule has 0 aromatic rings. The summed E-state index contributed by atoms with van der Waals surface area (Å²) >= 11 is 0. The lowest BCUT2D eigenvalue weighted by Gasteiger charge is -2.57. The zero-order chi connectivity index (χ0) is 19.9. The van der Waals surface area contributed by atoms with Gasteiger partial charge < -0.3 is 9.47 Å². The number of carbonyl (C=O) groups excluding carboxylic acids is 2. The maximum atomic E-state index is 12.3. The Morgan fingerprint density at radius 2 is 1.89 bits per heavy atom. The topological polar surface area (TPSA) is 52.6 Å². The van der Waals surface area contributed by atoms with Crippen molar-refractivity contribution in [1.29, 1.82) is 0 Å². The Kier molecular flexibility index (Phi) is 5.31. The molecule has 4 nitrogen and oxygen atoms in total. The molecular formula is C23H34O4. The molecule has 0 radical (unpaired) electrons. The van der Waals surface area contributed by atoms with E-state index in [0.29, 0.717) is 5.92 Å². The average Bonchev–Trinajstić information content (AvgIpc) is 2.60. The summed E-state index contributed by atoms with van der Waals surface area (Å²) in [6.45, 7) is 10.8. The molecule has 0 unspecified atom stereocenters. The van der Waals surface area contributed by atoms with E-state index in [-0.39, 0.29) is 17.3 Å². The maximum Gasteiger partial charge on any atom is 0.317 e. The molecule has 1 fully saturated rings. The molecule has 0 bridgehead atoms. The van der Waals surface area contributed by atoms with Gasteiger partial charge in [-0.25, -0.2) is 0 Å². The van der Waals surface area contributed by atoms with Crippen LogP contribution in [0.15, 0.2) is 23.8 Å². The van der Waals surface area contributed by atoms with Crippen LogP contribution in [-0.2, 0) is 19.1 Å². The normalized spacial score (nSPS) is 38.4. The second-order valence-corrected chi connectivity index (χ2v) is 9.52. The summed E-state index contributed by atoms with van der Waals surface area (Å²) in [5.74, 6) is -0.685. The minimum Gasteiger partial charge on any atom is -0.469 e. The molecule has 0 N–H and O–H groups in total. The Bertz CT molecular complexity index is 678. The lowest BCUT2D eigenvalue weighted by atomic mass is 9.50. The van der Waals surface area contributed by atoms with Crippen molar-refractivity contribution in [3.05, 3.63) is 23.8 Å². The Labute approximate surface area is 163 Å². The molecule has 0 amide bonds. The molecule has 0 spiro atoms. The van der Waals surface area contributed by atoms with Crippen molar-refractivity contribution >= 4 is 11.9 Å². The van der Waals surface area contributed by atoms with Crippen molar-refractivity contribution < 1.29 is 19.1 Å². The molecule has 0 heterocycles. The van der Waals surface area contributed by atoms with Gasteiger partial charge in [-0.05, 0) is 69.1 Å². The van der Waals surface area contributed by atoms with Crippen LogP contribution in [0, 0.1) is 16.7 Å². The van der Waals surface area contributed by atoms with E-state index in [1.165, 1.54) is 7.11 Å². The largest absolute Gasteiger partial charge is 0.469 e. The number of carbonyl (C=O) groups is 2. The molecular weight excluding hydrogens is 340 g/mol. The van der Waals surface area contributed by atoms with Crippen LogP contribution in [0.1, 0.15) is 78.6 Å². The maximum absolute atomic E-state index is 12.3. The summed E-state index contributed by atoms with van der Waals surface area (Å²) in [4.78, 5) is 23.8. The van der Waals surface area contributed by atoms with Crippen LogP contribution in [0.2, 0.25) is 0 Å². The Balaban J connectivity index is 1.85.